The minimum absolute atomic E-state index is 0. The van der Waals surface area contributed by atoms with Gasteiger partial charge in [0.15, 0.2) is 0 Å². The third-order valence-corrected chi connectivity index (χ3v) is 0.588. The van der Waals surface area contributed by atoms with Gasteiger partial charge in [0, 0.05) is 0 Å². The van der Waals surface area contributed by atoms with Crippen LogP contribution in [0, 0.1) is 18.3 Å². The standard InChI is InChI=1S/C4H.2K.H/c1-3-4-2;;;/h1H;;;. The maximum atomic E-state index is 4.75. The summed E-state index contributed by atoms with van der Waals surface area (Å²) in [6.45, 7) is 0. The average Bonchev–Trinajstić information content (AvgIpc) is 1.41. The molecule has 0 unspecified atom stereocenters. The molecule has 0 saturated heterocycles. The predicted molar refractivity (Wildman–Crippen MR) is 29.5 cm³/mol. The monoisotopic (exact) mass is 128 g/mol. The van der Waals surface area contributed by atoms with Crippen molar-refractivity contribution in [1.29, 1.82) is 0 Å². The fourth-order valence-corrected chi connectivity index (χ4v) is 0.298. The van der Waals surface area contributed by atoms with Gasteiger partial charge in [-0.05, 0) is 0 Å². The van der Waals surface area contributed by atoms with Crippen LogP contribution in [0.4, 0.5) is 0 Å². The number of rotatable bonds is 0. The van der Waals surface area contributed by atoms with Crippen molar-refractivity contribution in [2.45, 2.75) is 0 Å². The Hall–Kier alpha value is 2.39. The van der Waals surface area contributed by atoms with Crippen molar-refractivity contribution in [2.75, 3.05) is 0 Å². The molecule has 0 aromatic heterocycles. The Kier molecular flexibility index (Phi) is 19.4. The molecule has 0 spiro atoms. The summed E-state index contributed by atoms with van der Waals surface area (Å²) < 4.78 is 2.72. The molecule has 0 amide bonds. The molecule has 0 aromatic rings. The van der Waals surface area contributed by atoms with Gasteiger partial charge >= 0.3 is 119 Å². The Morgan fingerprint density at radius 3 is 2.00 bits per heavy atom. The first kappa shape index (κ1) is 11.2. The third kappa shape index (κ3) is 9.63. The molecule has 0 rings (SSSR count). The van der Waals surface area contributed by atoms with Gasteiger partial charge < -0.3 is 0 Å². The number of terminal acetylenes is 1. The van der Waals surface area contributed by atoms with Crippen molar-refractivity contribution >= 4 is 100 Å². The van der Waals surface area contributed by atoms with Crippen LogP contribution in [0.25, 0.3) is 0 Å². The van der Waals surface area contributed by atoms with Crippen molar-refractivity contribution in [3.63, 3.8) is 0 Å². The Morgan fingerprint density at radius 2 is 2.00 bits per heavy atom. The van der Waals surface area contributed by atoms with Gasteiger partial charge in [-0.15, -0.1) is 0 Å². The molecule has 0 nitrogen and oxygen atoms in total. The van der Waals surface area contributed by atoms with Gasteiger partial charge in [0.1, 0.15) is 0 Å². The zero-order chi connectivity index (χ0) is 4.12. The molecule has 0 aliphatic rings. The number of hydrogen-bond donors (Lipinski definition) is 0. The van der Waals surface area contributed by atoms with Crippen molar-refractivity contribution in [3.8, 4) is 18.3 Å². The van der Waals surface area contributed by atoms with Crippen LogP contribution in [0.3, 0.4) is 0 Å². The second-order valence-corrected chi connectivity index (χ2v) is 1.30. The molecule has 6 heavy (non-hydrogen) atoms. The molecular formula is C4H2K2. The molecule has 20 valence electrons. The van der Waals surface area contributed by atoms with Crippen LogP contribution in [0.15, 0.2) is 0 Å². The minimum atomic E-state index is 0. The summed E-state index contributed by atoms with van der Waals surface area (Å²) in [5.74, 6) is 4.68. The molecule has 0 saturated carbocycles. The van der Waals surface area contributed by atoms with Crippen LogP contribution < -0.4 is 0 Å². The van der Waals surface area contributed by atoms with Crippen molar-refractivity contribution < 1.29 is 0 Å². The van der Waals surface area contributed by atoms with Crippen LogP contribution in [0.5, 0.6) is 0 Å². The van der Waals surface area contributed by atoms with Crippen LogP contribution in [0.2, 0.25) is 0 Å². The quantitative estimate of drug-likeness (QED) is 0.293. The zero-order valence-corrected chi connectivity index (χ0v) is 6.20. The first-order valence-electron chi connectivity index (χ1n) is 1.29. The van der Waals surface area contributed by atoms with E-state index >= 15 is 0 Å². The topological polar surface area (TPSA) is 0 Å². The van der Waals surface area contributed by atoms with Crippen LogP contribution in [-0.2, 0) is 0 Å². The number of hydrogen-bond acceptors (Lipinski definition) is 0. The SMILES string of the molecule is C#CC#[C][K].[KH]. The van der Waals surface area contributed by atoms with Gasteiger partial charge in [0.25, 0.3) is 0 Å². The summed E-state index contributed by atoms with van der Waals surface area (Å²) in [5, 5.41) is 0. The van der Waals surface area contributed by atoms with E-state index in [4.69, 9.17) is 6.42 Å². The molecule has 0 aliphatic carbocycles. The molecule has 0 N–H and O–H groups in total. The fourth-order valence-electron chi connectivity index (χ4n) is 0.0722. The summed E-state index contributed by atoms with van der Waals surface area (Å²) in [7, 11) is 0. The van der Waals surface area contributed by atoms with Gasteiger partial charge in [0.2, 0.25) is 0 Å². The first-order valence-corrected chi connectivity index (χ1v) is 2.85. The summed E-state index contributed by atoms with van der Waals surface area (Å²) >= 11 is 0.610. The molecule has 0 aromatic carbocycles. The molecule has 0 fully saturated rings. The summed E-state index contributed by atoms with van der Waals surface area (Å²) in [6.07, 6.45) is 4.75. The first-order chi connectivity index (χ1) is 2.41. The van der Waals surface area contributed by atoms with Gasteiger partial charge in [0.05, 0.1) is 0 Å². The van der Waals surface area contributed by atoms with E-state index in [0.29, 0.717) is 49.0 Å². The second-order valence-electron chi connectivity index (χ2n) is 0.519. The summed E-state index contributed by atoms with van der Waals surface area (Å²) in [6, 6.07) is 0. The van der Waals surface area contributed by atoms with Crippen molar-refractivity contribution in [2.24, 2.45) is 0 Å². The molecule has 0 atom stereocenters. The van der Waals surface area contributed by atoms with Crippen molar-refractivity contribution in [3.05, 3.63) is 0 Å². The van der Waals surface area contributed by atoms with E-state index in [1.807, 2.05) is 0 Å². The fraction of sp³-hybridized carbons (Fsp3) is 0. The molecule has 0 radical (unpaired) electrons. The second kappa shape index (κ2) is 10.4. The maximum absolute atomic E-state index is 4.75. The Balaban J connectivity index is 0. The van der Waals surface area contributed by atoms with E-state index < -0.39 is 0 Å². The zero-order valence-electron chi connectivity index (χ0n) is 3.08. The van der Waals surface area contributed by atoms with E-state index in [2.05, 4.69) is 11.9 Å². The molecule has 0 aliphatic heterocycles. The van der Waals surface area contributed by atoms with E-state index in [0.717, 1.165) is 0 Å². The van der Waals surface area contributed by atoms with Gasteiger partial charge in [-0.1, -0.05) is 0 Å². The summed E-state index contributed by atoms with van der Waals surface area (Å²) in [4.78, 5) is 0. The Labute approximate surface area is 115 Å². The molecule has 0 bridgehead atoms. The van der Waals surface area contributed by atoms with Gasteiger partial charge in [-0.2, -0.15) is 0 Å². The molecule has 2 heteroatoms. The van der Waals surface area contributed by atoms with Gasteiger partial charge in [-0.25, -0.2) is 0 Å². The van der Waals surface area contributed by atoms with Crippen LogP contribution in [0.1, 0.15) is 0 Å². The third-order valence-electron chi connectivity index (χ3n) is 0.197. The van der Waals surface area contributed by atoms with E-state index in [-0.39, 0.29) is 51.4 Å². The predicted octanol–water partition coefficient (Wildman–Crippen LogP) is -0.900. The Bertz CT molecular complexity index is 98.9. The van der Waals surface area contributed by atoms with Gasteiger partial charge in [-0.3, -0.25) is 0 Å². The normalized spacial score (nSPS) is 2.83. The van der Waals surface area contributed by atoms with E-state index in [9.17, 15) is 0 Å². The van der Waals surface area contributed by atoms with Crippen LogP contribution >= 0.6 is 0 Å². The van der Waals surface area contributed by atoms with Crippen LogP contribution in [-0.4, -0.2) is 100 Å². The molecular weight excluding hydrogens is 126 g/mol. The summed E-state index contributed by atoms with van der Waals surface area (Å²) in [5.41, 5.74) is 0. The van der Waals surface area contributed by atoms with E-state index in [1.54, 1.807) is 0 Å². The molecule has 0 heterocycles. The average molecular weight is 128 g/mol. The Morgan fingerprint density at radius 1 is 1.50 bits per heavy atom. The van der Waals surface area contributed by atoms with E-state index in [1.165, 1.54) is 0 Å². The van der Waals surface area contributed by atoms with Crippen molar-refractivity contribution in [1.82, 2.24) is 0 Å².